The molecule has 0 amide bonds. The Morgan fingerprint density at radius 1 is 1.37 bits per heavy atom. The maximum absolute atomic E-state index is 13.6. The van der Waals surface area contributed by atoms with Gasteiger partial charge in [0.1, 0.15) is 23.3 Å². The summed E-state index contributed by atoms with van der Waals surface area (Å²) in [5, 5.41) is 0. The smallest absolute Gasteiger partial charge is 0.316 e. The molecule has 1 aliphatic carbocycles. The van der Waals surface area contributed by atoms with Crippen molar-refractivity contribution in [3.63, 3.8) is 0 Å². The highest BCUT2D eigenvalue weighted by atomic mass is 19.1. The number of rotatable bonds is 2. The third kappa shape index (κ3) is 2.80. The number of hydrogen-bond acceptors (Lipinski definition) is 3. The minimum atomic E-state index is -0.956. The van der Waals surface area contributed by atoms with E-state index in [1.807, 2.05) is 0 Å². The van der Waals surface area contributed by atoms with Crippen molar-refractivity contribution < 1.29 is 23.1 Å². The molecule has 1 aliphatic rings. The summed E-state index contributed by atoms with van der Waals surface area (Å²) in [7, 11) is 0. The Labute approximate surface area is 109 Å². The fraction of sp³-hybridized carbons (Fsp3) is 0.429. The SMILES string of the molecule is CCOC(=O)C1Cc2cc(F)cc(F)c2CCC1=O. The van der Waals surface area contributed by atoms with Crippen LogP contribution in [-0.4, -0.2) is 18.4 Å². The quantitative estimate of drug-likeness (QED) is 0.469. The zero-order chi connectivity index (χ0) is 14.0. The van der Waals surface area contributed by atoms with Crippen molar-refractivity contribution >= 4 is 11.8 Å². The monoisotopic (exact) mass is 268 g/mol. The lowest BCUT2D eigenvalue weighted by molar-refractivity contribution is -0.151. The average Bonchev–Trinajstić information content (AvgIpc) is 2.49. The van der Waals surface area contributed by atoms with Crippen molar-refractivity contribution in [1.82, 2.24) is 0 Å². The van der Waals surface area contributed by atoms with Crippen molar-refractivity contribution in [1.29, 1.82) is 0 Å². The van der Waals surface area contributed by atoms with E-state index in [1.54, 1.807) is 6.92 Å². The highest BCUT2D eigenvalue weighted by molar-refractivity contribution is 5.99. The highest BCUT2D eigenvalue weighted by Gasteiger charge is 2.32. The second kappa shape index (κ2) is 5.47. The normalized spacial score (nSPS) is 18.7. The topological polar surface area (TPSA) is 43.4 Å². The standard InChI is InChI=1S/C14H14F2O3/c1-2-19-14(18)11-6-8-5-9(15)7-12(16)10(8)3-4-13(11)17/h5,7,11H,2-4,6H2,1H3. The number of carbonyl (C=O) groups excluding carboxylic acids is 2. The van der Waals surface area contributed by atoms with E-state index in [0.29, 0.717) is 11.1 Å². The van der Waals surface area contributed by atoms with Gasteiger partial charge >= 0.3 is 5.97 Å². The van der Waals surface area contributed by atoms with Crippen LogP contribution in [0.1, 0.15) is 24.5 Å². The first-order chi connectivity index (χ1) is 9.02. The van der Waals surface area contributed by atoms with Gasteiger partial charge in [0.15, 0.2) is 0 Å². The van der Waals surface area contributed by atoms with Crippen LogP contribution in [0, 0.1) is 17.6 Å². The van der Waals surface area contributed by atoms with E-state index in [1.165, 1.54) is 6.07 Å². The number of carbonyl (C=O) groups is 2. The summed E-state index contributed by atoms with van der Waals surface area (Å²) in [5.74, 6) is -3.22. The number of Topliss-reactive ketones (excluding diaryl/α,β-unsaturated/α-hetero) is 1. The van der Waals surface area contributed by atoms with E-state index in [2.05, 4.69) is 0 Å². The van der Waals surface area contributed by atoms with Gasteiger partial charge in [-0.15, -0.1) is 0 Å². The van der Waals surface area contributed by atoms with Gasteiger partial charge in [-0.3, -0.25) is 9.59 Å². The Morgan fingerprint density at radius 2 is 2.11 bits per heavy atom. The van der Waals surface area contributed by atoms with E-state index >= 15 is 0 Å². The zero-order valence-electron chi connectivity index (χ0n) is 10.5. The molecule has 0 aliphatic heterocycles. The molecule has 0 fully saturated rings. The Morgan fingerprint density at radius 3 is 2.79 bits per heavy atom. The van der Waals surface area contributed by atoms with E-state index in [9.17, 15) is 18.4 Å². The number of esters is 1. The van der Waals surface area contributed by atoms with Gasteiger partial charge in [-0.05, 0) is 37.0 Å². The molecule has 0 N–H and O–H groups in total. The fourth-order valence-corrected chi connectivity index (χ4v) is 2.33. The molecule has 1 atom stereocenters. The first-order valence-electron chi connectivity index (χ1n) is 6.19. The molecule has 0 heterocycles. The third-order valence-electron chi connectivity index (χ3n) is 3.26. The lowest BCUT2D eigenvalue weighted by Gasteiger charge is -2.12. The first kappa shape index (κ1) is 13.6. The van der Waals surface area contributed by atoms with Gasteiger partial charge in [0.25, 0.3) is 0 Å². The summed E-state index contributed by atoms with van der Waals surface area (Å²) in [6, 6.07) is 1.98. The number of halogens is 2. The van der Waals surface area contributed by atoms with Gasteiger partial charge in [0, 0.05) is 12.5 Å². The molecule has 0 bridgehead atoms. The molecular formula is C14H14F2O3. The predicted octanol–water partition coefficient (Wildman–Crippen LogP) is 2.20. The third-order valence-corrected chi connectivity index (χ3v) is 3.26. The Kier molecular flexibility index (Phi) is 3.93. The van der Waals surface area contributed by atoms with Crippen LogP contribution in [0.5, 0.6) is 0 Å². The summed E-state index contributed by atoms with van der Waals surface area (Å²) in [6.07, 6.45) is 0.261. The molecule has 102 valence electrons. The van der Waals surface area contributed by atoms with Crippen LogP contribution in [0.25, 0.3) is 0 Å². The Balaban J connectivity index is 2.35. The minimum Gasteiger partial charge on any atom is -0.465 e. The Hall–Kier alpha value is -1.78. The van der Waals surface area contributed by atoms with Crippen LogP contribution in [-0.2, 0) is 27.2 Å². The van der Waals surface area contributed by atoms with Crippen LogP contribution in [0.3, 0.4) is 0 Å². The van der Waals surface area contributed by atoms with Crippen molar-refractivity contribution in [2.75, 3.05) is 6.61 Å². The second-order valence-corrected chi connectivity index (χ2v) is 4.50. The molecule has 1 aromatic carbocycles. The lowest BCUT2D eigenvalue weighted by atomic mass is 9.96. The van der Waals surface area contributed by atoms with Gasteiger partial charge < -0.3 is 4.74 Å². The summed E-state index contributed by atoms with van der Waals surface area (Å²) >= 11 is 0. The number of fused-ring (bicyclic) bond motifs is 1. The van der Waals surface area contributed by atoms with Gasteiger partial charge in [0.05, 0.1) is 6.61 Å². The van der Waals surface area contributed by atoms with Crippen molar-refractivity contribution in [3.05, 3.63) is 34.9 Å². The molecule has 0 saturated heterocycles. The van der Waals surface area contributed by atoms with Crippen LogP contribution >= 0.6 is 0 Å². The van der Waals surface area contributed by atoms with Gasteiger partial charge in [-0.2, -0.15) is 0 Å². The molecule has 3 nitrogen and oxygen atoms in total. The summed E-state index contributed by atoms with van der Waals surface area (Å²) in [6.45, 7) is 1.82. The van der Waals surface area contributed by atoms with E-state index in [-0.39, 0.29) is 31.7 Å². The minimum absolute atomic E-state index is 0.00167. The van der Waals surface area contributed by atoms with Crippen LogP contribution < -0.4 is 0 Å². The summed E-state index contributed by atoms with van der Waals surface area (Å²) < 4.78 is 31.7. The molecule has 0 spiro atoms. The molecule has 0 aromatic heterocycles. The first-order valence-corrected chi connectivity index (χ1v) is 6.19. The molecule has 2 rings (SSSR count). The van der Waals surface area contributed by atoms with E-state index in [4.69, 9.17) is 4.74 Å². The van der Waals surface area contributed by atoms with Crippen LogP contribution in [0.15, 0.2) is 12.1 Å². The number of hydrogen-bond donors (Lipinski definition) is 0. The average molecular weight is 268 g/mol. The maximum Gasteiger partial charge on any atom is 0.316 e. The largest absolute Gasteiger partial charge is 0.465 e. The highest BCUT2D eigenvalue weighted by Crippen LogP contribution is 2.26. The van der Waals surface area contributed by atoms with E-state index in [0.717, 1.165) is 6.07 Å². The molecule has 0 saturated carbocycles. The van der Waals surface area contributed by atoms with Crippen LogP contribution in [0.2, 0.25) is 0 Å². The van der Waals surface area contributed by atoms with Gasteiger partial charge in [-0.1, -0.05) is 0 Å². The molecule has 0 radical (unpaired) electrons. The summed E-state index contributed by atoms with van der Waals surface area (Å²) in [4.78, 5) is 23.6. The van der Waals surface area contributed by atoms with E-state index < -0.39 is 23.5 Å². The predicted molar refractivity (Wildman–Crippen MR) is 63.5 cm³/mol. The molecule has 1 unspecified atom stereocenters. The number of benzene rings is 1. The van der Waals surface area contributed by atoms with Crippen molar-refractivity contribution in [3.8, 4) is 0 Å². The van der Waals surface area contributed by atoms with Crippen molar-refractivity contribution in [2.45, 2.75) is 26.2 Å². The second-order valence-electron chi connectivity index (χ2n) is 4.50. The molecule has 1 aromatic rings. The van der Waals surface area contributed by atoms with Gasteiger partial charge in [-0.25, -0.2) is 8.78 Å². The Bertz CT molecular complexity index is 526. The molecule has 5 heteroatoms. The number of ether oxygens (including phenoxy) is 1. The lowest BCUT2D eigenvalue weighted by Crippen LogP contribution is -2.27. The van der Waals surface area contributed by atoms with Gasteiger partial charge in [0.2, 0.25) is 0 Å². The molecular weight excluding hydrogens is 254 g/mol. The fourth-order valence-electron chi connectivity index (χ4n) is 2.33. The maximum atomic E-state index is 13.6. The van der Waals surface area contributed by atoms with Crippen molar-refractivity contribution in [2.24, 2.45) is 5.92 Å². The zero-order valence-corrected chi connectivity index (χ0v) is 10.5. The summed E-state index contributed by atoms with van der Waals surface area (Å²) in [5.41, 5.74) is 0.697. The van der Waals surface area contributed by atoms with Crippen LogP contribution in [0.4, 0.5) is 8.78 Å². The molecule has 19 heavy (non-hydrogen) atoms. The number of ketones is 1.